The smallest absolute Gasteiger partial charge is 0.390 e. The van der Waals surface area contributed by atoms with Crippen LogP contribution in [0.15, 0.2) is 24.3 Å². The molecule has 0 fully saturated rings. The molecule has 0 bridgehead atoms. The third-order valence-electron chi connectivity index (χ3n) is 1.99. The van der Waals surface area contributed by atoms with Gasteiger partial charge in [-0.2, -0.15) is 13.2 Å². The van der Waals surface area contributed by atoms with E-state index in [1.807, 2.05) is 0 Å². The minimum absolute atomic E-state index is 0.373. The number of hydrogen-bond donors (Lipinski definition) is 1. The second-order valence-electron chi connectivity index (χ2n) is 3.17. The molecule has 84 valence electrons. The first-order valence-electron chi connectivity index (χ1n) is 4.39. The summed E-state index contributed by atoms with van der Waals surface area (Å²) in [5.74, 6) is 0.384. The molecule has 0 radical (unpaired) electrons. The molecule has 0 amide bonds. The van der Waals surface area contributed by atoms with Gasteiger partial charge in [0, 0.05) is 11.6 Å². The number of ether oxygens (including phenoxy) is 1. The van der Waals surface area contributed by atoms with E-state index in [1.165, 1.54) is 13.2 Å². The zero-order valence-electron chi connectivity index (χ0n) is 8.21. The van der Waals surface area contributed by atoms with Crippen molar-refractivity contribution in [3.05, 3.63) is 29.8 Å². The number of nitrogens with two attached hydrogens (primary N) is 1. The predicted octanol–water partition coefficient (Wildman–Crippen LogP) is 2.65. The van der Waals surface area contributed by atoms with E-state index in [2.05, 4.69) is 0 Å². The van der Waals surface area contributed by atoms with E-state index >= 15 is 0 Å². The molecule has 1 rings (SSSR count). The first-order valence-corrected chi connectivity index (χ1v) is 4.39. The van der Waals surface area contributed by atoms with Crippen LogP contribution in [0.25, 0.3) is 0 Å². The van der Waals surface area contributed by atoms with Crippen molar-refractivity contribution < 1.29 is 17.9 Å². The van der Waals surface area contributed by atoms with Gasteiger partial charge in [0.15, 0.2) is 0 Å². The quantitative estimate of drug-likeness (QED) is 0.848. The van der Waals surface area contributed by atoms with E-state index in [9.17, 15) is 13.2 Å². The van der Waals surface area contributed by atoms with Crippen molar-refractivity contribution in [3.63, 3.8) is 0 Å². The largest absolute Gasteiger partial charge is 0.496 e. The van der Waals surface area contributed by atoms with Gasteiger partial charge in [0.05, 0.1) is 13.5 Å². The fourth-order valence-electron chi connectivity index (χ4n) is 1.33. The average molecular weight is 219 g/mol. The number of rotatable bonds is 3. The minimum Gasteiger partial charge on any atom is -0.496 e. The van der Waals surface area contributed by atoms with Crippen molar-refractivity contribution >= 4 is 0 Å². The highest BCUT2D eigenvalue weighted by Gasteiger charge is 2.31. The minimum atomic E-state index is -4.26. The second kappa shape index (κ2) is 4.53. The van der Waals surface area contributed by atoms with Crippen LogP contribution in [0, 0.1) is 0 Å². The van der Waals surface area contributed by atoms with Gasteiger partial charge in [-0.1, -0.05) is 18.2 Å². The summed E-state index contributed by atoms with van der Waals surface area (Å²) in [5, 5.41) is 0. The summed E-state index contributed by atoms with van der Waals surface area (Å²) in [6.45, 7) is 0. The number of halogens is 3. The van der Waals surface area contributed by atoms with Crippen LogP contribution >= 0.6 is 0 Å². The van der Waals surface area contributed by atoms with Crippen LogP contribution in [0.2, 0.25) is 0 Å². The van der Waals surface area contributed by atoms with Gasteiger partial charge in [-0.25, -0.2) is 0 Å². The molecule has 1 aromatic rings. The lowest BCUT2D eigenvalue weighted by atomic mass is 10.0. The molecule has 0 saturated carbocycles. The molecule has 0 unspecified atom stereocenters. The molecule has 0 aliphatic heterocycles. The lowest BCUT2D eigenvalue weighted by Crippen LogP contribution is -2.20. The molecule has 15 heavy (non-hydrogen) atoms. The molecule has 2 N–H and O–H groups in total. The van der Waals surface area contributed by atoms with Gasteiger partial charge < -0.3 is 10.5 Å². The number of hydrogen-bond acceptors (Lipinski definition) is 2. The molecule has 2 nitrogen and oxygen atoms in total. The maximum atomic E-state index is 12.1. The molecular weight excluding hydrogens is 207 g/mol. The normalized spacial score (nSPS) is 13.7. The van der Waals surface area contributed by atoms with Crippen LogP contribution in [0.4, 0.5) is 13.2 Å². The molecule has 0 heterocycles. The number of para-hydroxylation sites is 1. The van der Waals surface area contributed by atoms with Gasteiger partial charge in [-0.05, 0) is 6.07 Å². The summed E-state index contributed by atoms with van der Waals surface area (Å²) < 4.78 is 41.3. The number of benzene rings is 1. The topological polar surface area (TPSA) is 35.2 Å². The van der Waals surface area contributed by atoms with E-state index in [0.29, 0.717) is 11.3 Å². The Labute approximate surface area is 85.8 Å². The van der Waals surface area contributed by atoms with E-state index in [4.69, 9.17) is 10.5 Å². The van der Waals surface area contributed by atoms with Crippen LogP contribution < -0.4 is 10.5 Å². The van der Waals surface area contributed by atoms with Crippen molar-refractivity contribution in [2.75, 3.05) is 7.11 Å². The lowest BCUT2D eigenvalue weighted by Gasteiger charge is -2.16. The van der Waals surface area contributed by atoms with Gasteiger partial charge >= 0.3 is 6.18 Å². The van der Waals surface area contributed by atoms with Crippen LogP contribution in [0.1, 0.15) is 18.0 Å². The van der Waals surface area contributed by atoms with Gasteiger partial charge in [-0.3, -0.25) is 0 Å². The summed E-state index contributed by atoms with van der Waals surface area (Å²) in [6, 6.07) is 5.36. The lowest BCUT2D eigenvalue weighted by molar-refractivity contribution is -0.138. The number of alkyl halides is 3. The first-order chi connectivity index (χ1) is 6.94. The Bertz CT molecular complexity index is 325. The fraction of sp³-hybridized carbons (Fsp3) is 0.400. The summed E-state index contributed by atoms with van der Waals surface area (Å²) in [6.07, 6.45) is -5.31. The molecule has 0 aliphatic carbocycles. The van der Waals surface area contributed by atoms with Crippen LogP contribution in [-0.4, -0.2) is 13.3 Å². The Hall–Kier alpha value is -1.23. The Morgan fingerprint density at radius 2 is 1.93 bits per heavy atom. The predicted molar refractivity (Wildman–Crippen MR) is 50.6 cm³/mol. The monoisotopic (exact) mass is 219 g/mol. The van der Waals surface area contributed by atoms with Crippen LogP contribution in [0.5, 0.6) is 5.75 Å². The average Bonchev–Trinajstić information content (AvgIpc) is 2.15. The van der Waals surface area contributed by atoms with Gasteiger partial charge in [0.1, 0.15) is 5.75 Å². The first kappa shape index (κ1) is 11.8. The van der Waals surface area contributed by atoms with E-state index in [1.54, 1.807) is 18.2 Å². The summed E-state index contributed by atoms with van der Waals surface area (Å²) >= 11 is 0. The van der Waals surface area contributed by atoms with E-state index < -0.39 is 18.6 Å². The highest BCUT2D eigenvalue weighted by Crippen LogP contribution is 2.31. The van der Waals surface area contributed by atoms with Gasteiger partial charge in [0.2, 0.25) is 0 Å². The molecule has 1 atom stereocenters. The maximum absolute atomic E-state index is 12.1. The Morgan fingerprint density at radius 1 is 1.33 bits per heavy atom. The molecule has 5 heteroatoms. The Kier molecular flexibility index (Phi) is 3.57. The summed E-state index contributed by atoms with van der Waals surface area (Å²) in [7, 11) is 1.40. The van der Waals surface area contributed by atoms with Gasteiger partial charge in [0.25, 0.3) is 0 Å². The molecule has 0 aromatic heterocycles. The summed E-state index contributed by atoms with van der Waals surface area (Å²) in [5.41, 5.74) is 5.83. The van der Waals surface area contributed by atoms with Crippen molar-refractivity contribution in [2.45, 2.75) is 18.6 Å². The third-order valence-corrected chi connectivity index (χ3v) is 1.99. The third kappa shape index (κ3) is 3.43. The standard InChI is InChI=1S/C10H12F3NO/c1-15-9-5-3-2-4-7(9)8(14)6-10(11,12)13/h2-5,8H,6,14H2,1H3/t8-/m0/s1. The highest BCUT2D eigenvalue weighted by atomic mass is 19.4. The molecule has 0 spiro atoms. The summed E-state index contributed by atoms with van der Waals surface area (Å²) in [4.78, 5) is 0. The zero-order valence-corrected chi connectivity index (χ0v) is 8.21. The Balaban J connectivity index is 2.86. The Morgan fingerprint density at radius 3 is 2.47 bits per heavy atom. The fourth-order valence-corrected chi connectivity index (χ4v) is 1.33. The highest BCUT2D eigenvalue weighted by molar-refractivity contribution is 5.35. The van der Waals surface area contributed by atoms with Crippen molar-refractivity contribution in [3.8, 4) is 5.75 Å². The van der Waals surface area contributed by atoms with Crippen LogP contribution in [-0.2, 0) is 0 Å². The van der Waals surface area contributed by atoms with Crippen molar-refractivity contribution in [1.82, 2.24) is 0 Å². The van der Waals surface area contributed by atoms with Crippen molar-refractivity contribution in [1.29, 1.82) is 0 Å². The maximum Gasteiger partial charge on any atom is 0.390 e. The van der Waals surface area contributed by atoms with E-state index in [0.717, 1.165) is 0 Å². The van der Waals surface area contributed by atoms with Gasteiger partial charge in [-0.15, -0.1) is 0 Å². The van der Waals surface area contributed by atoms with Crippen molar-refractivity contribution in [2.24, 2.45) is 5.73 Å². The molecule has 0 saturated heterocycles. The zero-order chi connectivity index (χ0) is 11.5. The van der Waals surface area contributed by atoms with E-state index in [-0.39, 0.29) is 0 Å². The second-order valence-corrected chi connectivity index (χ2v) is 3.17. The molecule has 1 aromatic carbocycles. The number of methoxy groups -OCH3 is 1. The van der Waals surface area contributed by atoms with Crippen LogP contribution in [0.3, 0.4) is 0 Å². The molecular formula is C10H12F3NO. The molecule has 0 aliphatic rings. The SMILES string of the molecule is COc1ccccc1[C@@H](N)CC(F)(F)F.